The van der Waals surface area contributed by atoms with Crippen molar-refractivity contribution in [3.8, 4) is 0 Å². The highest BCUT2D eigenvalue weighted by atomic mass is 32.2. The zero-order valence-electron chi connectivity index (χ0n) is 8.75. The number of hydrogen-bond acceptors (Lipinski definition) is 4. The molecule has 1 amide bonds. The maximum absolute atomic E-state index is 11.0. The molecule has 1 rings (SSSR count). The molecule has 1 aliphatic rings. The van der Waals surface area contributed by atoms with Gasteiger partial charge in [-0.05, 0) is 26.8 Å². The minimum Gasteiger partial charge on any atom is -0.453 e. The molecule has 0 saturated heterocycles. The zero-order valence-corrected chi connectivity index (χ0v) is 9.57. The molecule has 14 heavy (non-hydrogen) atoms. The summed E-state index contributed by atoms with van der Waals surface area (Å²) in [6.45, 7) is 6.03. The molecule has 0 aliphatic carbocycles. The Bertz CT molecular complexity index is 308. The normalized spacial score (nSPS) is 19.4. The van der Waals surface area contributed by atoms with Crippen LogP contribution < -0.4 is 5.32 Å². The minimum absolute atomic E-state index is 0.0395. The second-order valence-corrected chi connectivity index (χ2v) is 5.17. The predicted molar refractivity (Wildman–Crippen MR) is 58.4 cm³/mol. The lowest BCUT2D eigenvalue weighted by atomic mass is 10.2. The number of allylic oxidation sites excluding steroid dienone is 1. The van der Waals surface area contributed by atoms with Crippen LogP contribution in [-0.4, -0.2) is 23.1 Å². The summed E-state index contributed by atoms with van der Waals surface area (Å²) in [7, 11) is 1.33. The molecule has 0 saturated carbocycles. The molecule has 0 bridgehead atoms. The van der Waals surface area contributed by atoms with Gasteiger partial charge in [-0.1, -0.05) is 11.8 Å². The van der Waals surface area contributed by atoms with E-state index in [9.17, 15) is 4.79 Å². The summed E-state index contributed by atoms with van der Waals surface area (Å²) in [6.07, 6.45) is 1.57. The van der Waals surface area contributed by atoms with E-state index in [2.05, 4.69) is 35.0 Å². The molecule has 1 N–H and O–H groups in total. The fourth-order valence-corrected chi connectivity index (χ4v) is 2.24. The van der Waals surface area contributed by atoms with E-state index in [1.54, 1.807) is 0 Å². The van der Waals surface area contributed by atoms with Crippen molar-refractivity contribution in [2.75, 3.05) is 7.11 Å². The first kappa shape index (κ1) is 11.1. The van der Waals surface area contributed by atoms with Gasteiger partial charge in [-0.15, -0.1) is 0 Å². The SMILES string of the molecule is COC(=O)NC1=NC(C)=CC(C)(C)S1. The van der Waals surface area contributed by atoms with Crippen LogP contribution in [0.25, 0.3) is 0 Å². The fraction of sp³-hybridized carbons (Fsp3) is 0.556. The Kier molecular flexibility index (Phi) is 3.21. The summed E-state index contributed by atoms with van der Waals surface area (Å²) in [5.74, 6) is 0. The third-order valence-electron chi connectivity index (χ3n) is 1.59. The van der Waals surface area contributed by atoms with Gasteiger partial charge in [0, 0.05) is 10.4 Å². The Balaban J connectivity index is 2.73. The monoisotopic (exact) mass is 214 g/mol. The second kappa shape index (κ2) is 4.04. The lowest BCUT2D eigenvalue weighted by Crippen LogP contribution is -2.33. The van der Waals surface area contributed by atoms with Gasteiger partial charge in [0.2, 0.25) is 0 Å². The highest BCUT2D eigenvalue weighted by Gasteiger charge is 2.24. The van der Waals surface area contributed by atoms with E-state index in [1.807, 2.05) is 6.92 Å². The topological polar surface area (TPSA) is 50.7 Å². The molecule has 5 heteroatoms. The third-order valence-corrected chi connectivity index (χ3v) is 2.62. The summed E-state index contributed by atoms with van der Waals surface area (Å²) in [5.41, 5.74) is 0.903. The van der Waals surface area contributed by atoms with E-state index in [0.717, 1.165) is 5.70 Å². The van der Waals surface area contributed by atoms with E-state index >= 15 is 0 Å². The first-order valence-corrected chi connectivity index (χ1v) is 5.07. The Morgan fingerprint density at radius 1 is 1.64 bits per heavy atom. The number of ether oxygens (including phenoxy) is 1. The summed E-state index contributed by atoms with van der Waals surface area (Å²) in [6, 6.07) is 0. The number of methoxy groups -OCH3 is 1. The van der Waals surface area contributed by atoms with Gasteiger partial charge in [0.1, 0.15) is 0 Å². The number of amides is 1. The average Bonchev–Trinajstić information content (AvgIpc) is 1.99. The maximum atomic E-state index is 11.0. The number of nitrogens with zero attached hydrogens (tertiary/aromatic N) is 1. The van der Waals surface area contributed by atoms with Gasteiger partial charge in [-0.2, -0.15) is 0 Å². The number of thioether (sulfide) groups is 1. The van der Waals surface area contributed by atoms with Crippen LogP contribution in [0.4, 0.5) is 4.79 Å². The van der Waals surface area contributed by atoms with Crippen molar-refractivity contribution in [3.63, 3.8) is 0 Å². The molecular weight excluding hydrogens is 200 g/mol. The molecule has 0 aromatic heterocycles. The van der Waals surface area contributed by atoms with Gasteiger partial charge in [0.25, 0.3) is 0 Å². The number of alkyl carbamates (subject to hydrolysis) is 1. The molecule has 0 aromatic carbocycles. The number of aliphatic imine (C=N–C) groups is 1. The van der Waals surface area contributed by atoms with Crippen LogP contribution in [0.1, 0.15) is 20.8 Å². The Morgan fingerprint density at radius 3 is 2.79 bits per heavy atom. The molecule has 0 fully saturated rings. The van der Waals surface area contributed by atoms with Crippen molar-refractivity contribution in [2.24, 2.45) is 4.99 Å². The molecule has 0 spiro atoms. The summed E-state index contributed by atoms with van der Waals surface area (Å²) >= 11 is 1.50. The molecular formula is C9H14N2O2S. The minimum atomic E-state index is -0.484. The summed E-state index contributed by atoms with van der Waals surface area (Å²) in [5, 5.41) is 3.15. The Labute approximate surface area is 87.8 Å². The highest BCUT2D eigenvalue weighted by Crippen LogP contribution is 2.31. The van der Waals surface area contributed by atoms with Gasteiger partial charge in [-0.25, -0.2) is 9.79 Å². The van der Waals surface area contributed by atoms with E-state index in [4.69, 9.17) is 0 Å². The van der Waals surface area contributed by atoms with Crippen molar-refractivity contribution >= 4 is 23.0 Å². The van der Waals surface area contributed by atoms with Crippen molar-refractivity contribution in [2.45, 2.75) is 25.5 Å². The molecule has 0 aromatic rings. The van der Waals surface area contributed by atoms with Crippen LogP contribution in [0.2, 0.25) is 0 Å². The van der Waals surface area contributed by atoms with Gasteiger partial charge in [0.15, 0.2) is 5.17 Å². The van der Waals surface area contributed by atoms with E-state index in [-0.39, 0.29) is 4.75 Å². The first-order chi connectivity index (χ1) is 6.43. The molecule has 0 atom stereocenters. The summed E-state index contributed by atoms with van der Waals surface area (Å²) in [4.78, 5) is 15.1. The summed E-state index contributed by atoms with van der Waals surface area (Å²) < 4.78 is 4.45. The maximum Gasteiger partial charge on any atom is 0.412 e. The smallest absolute Gasteiger partial charge is 0.412 e. The fourth-order valence-electron chi connectivity index (χ4n) is 1.19. The number of carbonyl (C=O) groups is 1. The number of nitrogens with one attached hydrogen (secondary N) is 1. The van der Waals surface area contributed by atoms with Gasteiger partial charge < -0.3 is 4.74 Å². The number of amidine groups is 1. The predicted octanol–water partition coefficient (Wildman–Crippen LogP) is 2.13. The van der Waals surface area contributed by atoms with E-state index < -0.39 is 6.09 Å². The average molecular weight is 214 g/mol. The molecule has 4 nitrogen and oxygen atoms in total. The number of carbonyl (C=O) groups excluding carboxylic acids is 1. The van der Waals surface area contributed by atoms with Crippen LogP contribution in [-0.2, 0) is 4.74 Å². The second-order valence-electron chi connectivity index (χ2n) is 3.52. The van der Waals surface area contributed by atoms with Crippen molar-refractivity contribution < 1.29 is 9.53 Å². The quantitative estimate of drug-likeness (QED) is 0.672. The molecule has 1 heterocycles. The van der Waals surface area contributed by atoms with Gasteiger partial charge in [-0.3, -0.25) is 5.32 Å². The molecule has 0 unspecified atom stereocenters. The van der Waals surface area contributed by atoms with Crippen LogP contribution in [0.3, 0.4) is 0 Å². The highest BCUT2D eigenvalue weighted by molar-refractivity contribution is 8.15. The van der Waals surface area contributed by atoms with Gasteiger partial charge >= 0.3 is 6.09 Å². The van der Waals surface area contributed by atoms with Crippen LogP contribution in [0.15, 0.2) is 16.8 Å². The standard InChI is InChI=1S/C9H14N2O2S/c1-6-5-9(2,3)14-7(10-6)11-8(12)13-4/h5H,1-4H3,(H,10,11,12). The first-order valence-electron chi connectivity index (χ1n) is 4.25. The van der Waals surface area contributed by atoms with Gasteiger partial charge in [0.05, 0.1) is 7.11 Å². The number of rotatable bonds is 0. The Morgan fingerprint density at radius 2 is 2.29 bits per heavy atom. The zero-order chi connectivity index (χ0) is 10.8. The van der Waals surface area contributed by atoms with Crippen molar-refractivity contribution in [1.29, 1.82) is 0 Å². The third kappa shape index (κ3) is 3.06. The molecule has 78 valence electrons. The molecule has 0 radical (unpaired) electrons. The van der Waals surface area contributed by atoms with E-state index in [0.29, 0.717) is 5.17 Å². The molecule has 1 aliphatic heterocycles. The lowest BCUT2D eigenvalue weighted by molar-refractivity contribution is 0.177. The van der Waals surface area contributed by atoms with E-state index in [1.165, 1.54) is 18.9 Å². The van der Waals surface area contributed by atoms with Crippen LogP contribution in [0.5, 0.6) is 0 Å². The largest absolute Gasteiger partial charge is 0.453 e. The Hall–Kier alpha value is -0.970. The van der Waals surface area contributed by atoms with Crippen LogP contribution >= 0.6 is 11.8 Å². The lowest BCUT2D eigenvalue weighted by Gasteiger charge is -2.24. The van der Waals surface area contributed by atoms with Crippen LogP contribution in [0, 0.1) is 0 Å². The van der Waals surface area contributed by atoms with Crippen molar-refractivity contribution in [1.82, 2.24) is 5.32 Å². The number of hydrogen-bond donors (Lipinski definition) is 1. The van der Waals surface area contributed by atoms with Crippen molar-refractivity contribution in [3.05, 3.63) is 11.8 Å².